The van der Waals surface area contributed by atoms with Crippen molar-refractivity contribution in [2.75, 3.05) is 0 Å². The molecule has 0 bridgehead atoms. The van der Waals surface area contributed by atoms with E-state index >= 15 is 0 Å². The maximum absolute atomic E-state index is 2.37. The summed E-state index contributed by atoms with van der Waals surface area (Å²) in [4.78, 5) is 2.67. The van der Waals surface area contributed by atoms with Gasteiger partial charge < -0.3 is 0 Å². The zero-order chi connectivity index (χ0) is 20.6. The Morgan fingerprint density at radius 2 is 0.871 bits per heavy atom. The zero-order valence-corrected chi connectivity index (χ0v) is 17.8. The van der Waals surface area contributed by atoms with Gasteiger partial charge >= 0.3 is 0 Å². The van der Waals surface area contributed by atoms with Crippen molar-refractivity contribution in [3.63, 3.8) is 0 Å². The number of hydrogen-bond acceptors (Lipinski definition) is 1. The van der Waals surface area contributed by atoms with E-state index in [4.69, 9.17) is 0 Å². The van der Waals surface area contributed by atoms with Gasteiger partial charge in [0.15, 0.2) is 0 Å². The van der Waals surface area contributed by atoms with E-state index in [-0.39, 0.29) is 0 Å². The molecule has 0 unspecified atom stereocenters. The molecule has 1 heterocycles. The Labute approximate surface area is 186 Å². The predicted molar refractivity (Wildman–Crippen MR) is 136 cm³/mol. The van der Waals surface area contributed by atoms with Crippen LogP contribution in [-0.4, -0.2) is 0 Å². The molecule has 0 N–H and O–H groups in total. The fourth-order valence-corrected chi connectivity index (χ4v) is 5.69. The quantitative estimate of drug-likeness (QED) is 0.272. The van der Waals surface area contributed by atoms with E-state index in [1.165, 1.54) is 53.6 Å². The molecule has 0 amide bonds. The molecule has 0 nitrogen and oxygen atoms in total. The van der Waals surface area contributed by atoms with Gasteiger partial charge in [0.25, 0.3) is 0 Å². The van der Waals surface area contributed by atoms with Gasteiger partial charge in [-0.3, -0.25) is 0 Å². The van der Waals surface area contributed by atoms with E-state index in [1.807, 2.05) is 11.3 Å². The first kappa shape index (κ1) is 18.1. The second-order valence-corrected chi connectivity index (χ2v) is 8.80. The van der Waals surface area contributed by atoms with Crippen molar-refractivity contribution in [2.45, 2.75) is 0 Å². The average Bonchev–Trinajstić information content (AvgIpc) is 3.22. The molecule has 0 aliphatic rings. The minimum absolute atomic E-state index is 1.25. The van der Waals surface area contributed by atoms with E-state index in [0.29, 0.717) is 0 Å². The van der Waals surface area contributed by atoms with E-state index in [2.05, 4.69) is 121 Å². The molecule has 6 rings (SSSR count). The molecule has 0 spiro atoms. The van der Waals surface area contributed by atoms with Gasteiger partial charge in [0.2, 0.25) is 0 Å². The third kappa shape index (κ3) is 3.15. The highest BCUT2D eigenvalue weighted by Crippen LogP contribution is 2.47. The lowest BCUT2D eigenvalue weighted by atomic mass is 9.95. The second kappa shape index (κ2) is 7.54. The highest BCUT2D eigenvalue weighted by Gasteiger charge is 2.17. The summed E-state index contributed by atoms with van der Waals surface area (Å²) < 4.78 is 0. The summed E-state index contributed by atoms with van der Waals surface area (Å²) in [6, 6.07) is 43.6. The molecular formula is C30H20S. The normalized spacial score (nSPS) is 11.2. The fraction of sp³-hybridized carbons (Fsp3) is 0. The minimum Gasteiger partial charge on any atom is -0.134 e. The van der Waals surface area contributed by atoms with Crippen molar-refractivity contribution in [3.05, 3.63) is 121 Å². The Morgan fingerprint density at radius 1 is 0.387 bits per heavy atom. The van der Waals surface area contributed by atoms with Gasteiger partial charge in [-0.2, -0.15) is 0 Å². The molecule has 1 heteroatoms. The van der Waals surface area contributed by atoms with Crippen LogP contribution < -0.4 is 0 Å². The molecule has 0 saturated carbocycles. The zero-order valence-electron chi connectivity index (χ0n) is 17.0. The second-order valence-electron chi connectivity index (χ2n) is 7.78. The third-order valence-corrected chi connectivity index (χ3v) is 7.18. The maximum atomic E-state index is 2.37. The summed E-state index contributed by atoms with van der Waals surface area (Å²) in [5.74, 6) is 0. The molecule has 146 valence electrons. The van der Waals surface area contributed by atoms with Crippen molar-refractivity contribution in [1.29, 1.82) is 0 Å². The van der Waals surface area contributed by atoms with Crippen LogP contribution in [0.5, 0.6) is 0 Å². The monoisotopic (exact) mass is 412 g/mol. The molecule has 1 aromatic heterocycles. The summed E-state index contributed by atoms with van der Waals surface area (Å²) in [5.41, 5.74) is 5.10. The number of thiophene rings is 1. The van der Waals surface area contributed by atoms with Crippen LogP contribution in [0.3, 0.4) is 0 Å². The molecule has 0 atom stereocenters. The average molecular weight is 413 g/mol. The largest absolute Gasteiger partial charge is 0.134 e. The van der Waals surface area contributed by atoms with Crippen LogP contribution in [0, 0.1) is 0 Å². The Kier molecular flexibility index (Phi) is 4.40. The van der Waals surface area contributed by atoms with Crippen molar-refractivity contribution in [2.24, 2.45) is 0 Å². The Hall–Kier alpha value is -3.68. The van der Waals surface area contributed by atoms with Gasteiger partial charge in [-0.25, -0.2) is 0 Å². The molecule has 31 heavy (non-hydrogen) atoms. The van der Waals surface area contributed by atoms with Crippen LogP contribution in [0.2, 0.25) is 0 Å². The van der Waals surface area contributed by atoms with Crippen molar-refractivity contribution < 1.29 is 0 Å². The van der Waals surface area contributed by atoms with Gasteiger partial charge in [-0.1, -0.05) is 109 Å². The third-order valence-electron chi connectivity index (χ3n) is 5.87. The van der Waals surface area contributed by atoms with Crippen molar-refractivity contribution >= 4 is 32.9 Å². The van der Waals surface area contributed by atoms with Crippen molar-refractivity contribution in [1.82, 2.24) is 0 Å². The number of benzene rings is 5. The number of fused-ring (bicyclic) bond motifs is 2. The molecule has 0 aliphatic heterocycles. The Bertz CT molecular complexity index is 1510. The first-order valence-electron chi connectivity index (χ1n) is 10.5. The highest BCUT2D eigenvalue weighted by atomic mass is 32.1. The van der Waals surface area contributed by atoms with Gasteiger partial charge in [-0.15, -0.1) is 11.3 Å². The summed E-state index contributed by atoms with van der Waals surface area (Å²) in [7, 11) is 0. The van der Waals surface area contributed by atoms with Gasteiger partial charge in [-0.05, 0) is 39.6 Å². The Balaban J connectivity index is 1.70. The van der Waals surface area contributed by atoms with Crippen LogP contribution in [-0.2, 0) is 0 Å². The Morgan fingerprint density at radius 3 is 1.52 bits per heavy atom. The first-order chi connectivity index (χ1) is 15.4. The minimum atomic E-state index is 1.25. The molecule has 5 aromatic carbocycles. The summed E-state index contributed by atoms with van der Waals surface area (Å²) in [6.45, 7) is 0. The van der Waals surface area contributed by atoms with Gasteiger partial charge in [0, 0.05) is 26.1 Å². The molecule has 0 saturated heterocycles. The maximum Gasteiger partial charge on any atom is 0.0434 e. The lowest BCUT2D eigenvalue weighted by Gasteiger charge is -2.09. The molecular weight excluding hydrogens is 392 g/mol. The van der Waals surface area contributed by atoms with Gasteiger partial charge in [0.1, 0.15) is 0 Å². The lowest BCUT2D eigenvalue weighted by molar-refractivity contribution is 1.62. The lowest BCUT2D eigenvalue weighted by Crippen LogP contribution is -1.83. The van der Waals surface area contributed by atoms with Gasteiger partial charge in [0.05, 0.1) is 0 Å². The van der Waals surface area contributed by atoms with Crippen LogP contribution >= 0.6 is 11.3 Å². The topological polar surface area (TPSA) is 0 Å². The fourth-order valence-electron chi connectivity index (χ4n) is 4.38. The van der Waals surface area contributed by atoms with Crippen LogP contribution in [0.25, 0.3) is 53.6 Å². The van der Waals surface area contributed by atoms with Crippen molar-refractivity contribution in [3.8, 4) is 32.0 Å². The highest BCUT2D eigenvalue weighted by molar-refractivity contribution is 7.21. The number of rotatable bonds is 3. The summed E-state index contributed by atoms with van der Waals surface area (Å²) in [5, 5.41) is 5.22. The van der Waals surface area contributed by atoms with E-state index in [1.54, 1.807) is 0 Å². The van der Waals surface area contributed by atoms with Crippen LogP contribution in [0.1, 0.15) is 0 Å². The summed E-state index contributed by atoms with van der Waals surface area (Å²) >= 11 is 1.90. The standard InChI is InChI=1S/C30H20S/c1-3-11-21(12-4-1)25-17-9-10-18-26(25)30-28-20-24-16-8-7-15-23(24)19-27(28)29(31-30)22-13-5-2-6-14-22/h1-20H. The molecule has 0 radical (unpaired) electrons. The molecule has 0 aliphatic carbocycles. The SMILES string of the molecule is c1ccc(-c2ccccc2-c2sc(-c3ccccc3)c3cc4ccccc4cc23)cc1. The predicted octanol–water partition coefficient (Wildman–Crippen LogP) is 9.06. The molecule has 6 aromatic rings. The first-order valence-corrected chi connectivity index (χ1v) is 11.4. The van der Waals surface area contributed by atoms with E-state index in [0.717, 1.165) is 0 Å². The smallest absolute Gasteiger partial charge is 0.0434 e. The molecule has 0 fully saturated rings. The van der Waals surface area contributed by atoms with E-state index < -0.39 is 0 Å². The van der Waals surface area contributed by atoms with Crippen LogP contribution in [0.4, 0.5) is 0 Å². The van der Waals surface area contributed by atoms with Crippen LogP contribution in [0.15, 0.2) is 121 Å². The van der Waals surface area contributed by atoms with E-state index in [9.17, 15) is 0 Å². The number of hydrogen-bond donors (Lipinski definition) is 0. The summed E-state index contributed by atoms with van der Waals surface area (Å²) in [6.07, 6.45) is 0.